The van der Waals surface area contributed by atoms with E-state index in [9.17, 15) is 0 Å². The van der Waals surface area contributed by atoms with Gasteiger partial charge in [0.1, 0.15) is 5.75 Å². The Morgan fingerprint density at radius 2 is 1.86 bits per heavy atom. The summed E-state index contributed by atoms with van der Waals surface area (Å²) in [4.78, 5) is 0. The van der Waals surface area contributed by atoms with Crippen molar-refractivity contribution in [1.29, 1.82) is 0 Å². The number of benzene rings is 1. The van der Waals surface area contributed by atoms with Crippen LogP contribution in [-0.2, 0) is 0 Å². The van der Waals surface area contributed by atoms with Crippen LogP contribution in [0.5, 0.6) is 5.75 Å². The molecule has 1 nitrogen and oxygen atoms in total. The highest BCUT2D eigenvalue weighted by Crippen LogP contribution is 2.30. The predicted molar refractivity (Wildman–Crippen MR) is 61.6 cm³/mol. The molecule has 2 heteroatoms. The van der Waals surface area contributed by atoms with E-state index < -0.39 is 0 Å². The minimum atomic E-state index is 0.339. The van der Waals surface area contributed by atoms with Gasteiger partial charge in [-0.25, -0.2) is 0 Å². The minimum Gasteiger partial charge on any atom is -0.496 e. The Morgan fingerprint density at radius 3 is 2.36 bits per heavy atom. The van der Waals surface area contributed by atoms with Gasteiger partial charge in [-0.1, -0.05) is 13.0 Å². The summed E-state index contributed by atoms with van der Waals surface area (Å²) < 4.78 is 5.35. The average molecular weight is 213 g/mol. The Kier molecular flexibility index (Phi) is 3.82. The maximum Gasteiger partial charge on any atom is 0.122 e. The van der Waals surface area contributed by atoms with Gasteiger partial charge >= 0.3 is 0 Å². The summed E-state index contributed by atoms with van der Waals surface area (Å²) in [7, 11) is 1.70. The van der Waals surface area contributed by atoms with Crippen molar-refractivity contribution in [3.63, 3.8) is 0 Å². The third kappa shape index (κ3) is 2.21. The van der Waals surface area contributed by atoms with E-state index in [2.05, 4.69) is 32.9 Å². The number of halogens is 1. The summed E-state index contributed by atoms with van der Waals surface area (Å²) in [6.07, 6.45) is 0. The number of methoxy groups -OCH3 is 1. The molecule has 14 heavy (non-hydrogen) atoms. The van der Waals surface area contributed by atoms with Crippen LogP contribution in [0.3, 0.4) is 0 Å². The molecule has 0 saturated heterocycles. The molecule has 0 aliphatic carbocycles. The van der Waals surface area contributed by atoms with E-state index in [1.807, 2.05) is 0 Å². The Balaban J connectivity index is 3.19. The Bertz CT molecular complexity index is 320. The van der Waals surface area contributed by atoms with Crippen LogP contribution in [-0.4, -0.2) is 13.0 Å². The van der Waals surface area contributed by atoms with E-state index in [0.717, 1.165) is 5.75 Å². The molecule has 0 aliphatic heterocycles. The van der Waals surface area contributed by atoms with Gasteiger partial charge in [0, 0.05) is 5.88 Å². The fourth-order valence-electron chi connectivity index (χ4n) is 1.46. The molecule has 1 unspecified atom stereocenters. The van der Waals surface area contributed by atoms with Crippen molar-refractivity contribution in [3.05, 3.63) is 28.8 Å². The van der Waals surface area contributed by atoms with Crippen LogP contribution in [0.15, 0.2) is 12.1 Å². The maximum atomic E-state index is 5.85. The van der Waals surface area contributed by atoms with E-state index in [-0.39, 0.29) is 0 Å². The van der Waals surface area contributed by atoms with Crippen LogP contribution in [0.2, 0.25) is 0 Å². The molecule has 0 N–H and O–H groups in total. The van der Waals surface area contributed by atoms with Gasteiger partial charge in [-0.15, -0.1) is 11.6 Å². The van der Waals surface area contributed by atoms with Gasteiger partial charge in [-0.2, -0.15) is 0 Å². The molecular weight excluding hydrogens is 196 g/mol. The summed E-state index contributed by atoms with van der Waals surface area (Å²) in [5.41, 5.74) is 3.75. The van der Waals surface area contributed by atoms with Gasteiger partial charge in [-0.3, -0.25) is 0 Å². The number of rotatable bonds is 3. The van der Waals surface area contributed by atoms with Gasteiger partial charge in [-0.05, 0) is 42.5 Å². The van der Waals surface area contributed by atoms with Crippen molar-refractivity contribution >= 4 is 11.6 Å². The third-order valence-corrected chi connectivity index (χ3v) is 3.07. The van der Waals surface area contributed by atoms with E-state index in [0.29, 0.717) is 11.8 Å². The lowest BCUT2D eigenvalue weighted by molar-refractivity contribution is 0.407. The second-order valence-electron chi connectivity index (χ2n) is 3.73. The van der Waals surface area contributed by atoms with E-state index in [1.54, 1.807) is 7.11 Å². The summed E-state index contributed by atoms with van der Waals surface area (Å²) in [5.74, 6) is 1.91. The average Bonchev–Trinajstić information content (AvgIpc) is 2.20. The lowest BCUT2D eigenvalue weighted by Crippen LogP contribution is -2.00. The van der Waals surface area contributed by atoms with Crippen molar-refractivity contribution in [2.24, 2.45) is 0 Å². The molecule has 0 fully saturated rings. The number of hydrogen-bond donors (Lipinski definition) is 0. The highest BCUT2D eigenvalue weighted by atomic mass is 35.5. The highest BCUT2D eigenvalue weighted by Gasteiger charge is 2.11. The topological polar surface area (TPSA) is 9.23 Å². The van der Waals surface area contributed by atoms with Gasteiger partial charge < -0.3 is 4.74 Å². The molecule has 78 valence electrons. The smallest absolute Gasteiger partial charge is 0.122 e. The lowest BCUT2D eigenvalue weighted by atomic mass is 9.97. The molecule has 1 rings (SSSR count). The van der Waals surface area contributed by atoms with E-state index >= 15 is 0 Å². The normalized spacial score (nSPS) is 12.6. The van der Waals surface area contributed by atoms with Crippen molar-refractivity contribution in [3.8, 4) is 5.75 Å². The first-order valence-electron chi connectivity index (χ1n) is 4.81. The quantitative estimate of drug-likeness (QED) is 0.695. The second-order valence-corrected chi connectivity index (χ2v) is 4.04. The molecule has 0 saturated carbocycles. The summed E-state index contributed by atoms with van der Waals surface area (Å²) in [5, 5.41) is 0. The molecule has 0 amide bonds. The second kappa shape index (κ2) is 4.70. The fraction of sp³-hybridized carbons (Fsp3) is 0.500. The largest absolute Gasteiger partial charge is 0.496 e. The molecular formula is C12H17ClO. The van der Waals surface area contributed by atoms with Gasteiger partial charge in [0.05, 0.1) is 7.11 Å². The van der Waals surface area contributed by atoms with Crippen LogP contribution >= 0.6 is 11.6 Å². The molecule has 1 aromatic rings. The lowest BCUT2D eigenvalue weighted by Gasteiger charge is -2.15. The SMILES string of the molecule is COc1cc(C)c(C)cc1C(C)CCl. The molecule has 0 heterocycles. The minimum absolute atomic E-state index is 0.339. The van der Waals surface area contributed by atoms with E-state index in [4.69, 9.17) is 16.3 Å². The zero-order chi connectivity index (χ0) is 10.7. The molecule has 0 aliphatic rings. The fourth-order valence-corrected chi connectivity index (χ4v) is 1.62. The summed E-state index contributed by atoms with van der Waals surface area (Å²) in [6, 6.07) is 4.24. The molecule has 0 aromatic heterocycles. The monoisotopic (exact) mass is 212 g/mol. The van der Waals surface area contributed by atoms with Crippen molar-refractivity contribution in [2.45, 2.75) is 26.7 Å². The van der Waals surface area contributed by atoms with Gasteiger partial charge in [0.25, 0.3) is 0 Å². The molecule has 0 bridgehead atoms. The number of aryl methyl sites for hydroxylation is 2. The van der Waals surface area contributed by atoms with Gasteiger partial charge in [0.2, 0.25) is 0 Å². The van der Waals surface area contributed by atoms with Crippen molar-refractivity contribution in [2.75, 3.05) is 13.0 Å². The first-order valence-corrected chi connectivity index (χ1v) is 5.34. The first-order chi connectivity index (χ1) is 6.60. The molecule has 1 atom stereocenters. The van der Waals surface area contributed by atoms with Crippen molar-refractivity contribution in [1.82, 2.24) is 0 Å². The summed E-state index contributed by atoms with van der Waals surface area (Å²) in [6.45, 7) is 6.31. The standard InChI is InChI=1S/C12H17ClO/c1-8-5-11(10(3)7-13)12(14-4)6-9(8)2/h5-6,10H,7H2,1-4H3. The Hall–Kier alpha value is -0.690. The maximum absolute atomic E-state index is 5.85. The molecule has 1 aromatic carbocycles. The number of hydrogen-bond acceptors (Lipinski definition) is 1. The first kappa shape index (κ1) is 11.4. The van der Waals surface area contributed by atoms with Crippen LogP contribution in [0, 0.1) is 13.8 Å². The molecule has 0 spiro atoms. The Labute approximate surface area is 91.0 Å². The number of alkyl halides is 1. The van der Waals surface area contributed by atoms with Crippen LogP contribution in [0.4, 0.5) is 0 Å². The van der Waals surface area contributed by atoms with Gasteiger partial charge in [0.15, 0.2) is 0 Å². The Morgan fingerprint density at radius 1 is 1.29 bits per heavy atom. The number of ether oxygens (including phenoxy) is 1. The zero-order valence-electron chi connectivity index (χ0n) is 9.23. The summed E-state index contributed by atoms with van der Waals surface area (Å²) >= 11 is 5.85. The van der Waals surface area contributed by atoms with Crippen LogP contribution < -0.4 is 4.74 Å². The third-order valence-electron chi connectivity index (χ3n) is 2.61. The predicted octanol–water partition coefficient (Wildman–Crippen LogP) is 3.65. The zero-order valence-corrected chi connectivity index (χ0v) is 9.98. The van der Waals surface area contributed by atoms with Crippen LogP contribution in [0.1, 0.15) is 29.5 Å². The highest BCUT2D eigenvalue weighted by molar-refractivity contribution is 6.18. The molecule has 0 radical (unpaired) electrons. The van der Waals surface area contributed by atoms with Crippen LogP contribution in [0.25, 0.3) is 0 Å². The van der Waals surface area contributed by atoms with E-state index in [1.165, 1.54) is 16.7 Å². The van der Waals surface area contributed by atoms with Crippen molar-refractivity contribution < 1.29 is 4.74 Å².